The summed E-state index contributed by atoms with van der Waals surface area (Å²) in [7, 11) is 0. The average Bonchev–Trinajstić information content (AvgIpc) is 2.58. The van der Waals surface area contributed by atoms with Crippen molar-refractivity contribution >= 4 is 28.8 Å². The number of carbonyl (C=O) groups excluding carboxylic acids is 1. The van der Waals surface area contributed by atoms with E-state index in [0.29, 0.717) is 10.8 Å². The maximum atomic E-state index is 11.5. The van der Waals surface area contributed by atoms with Gasteiger partial charge in [0.05, 0.1) is 0 Å². The van der Waals surface area contributed by atoms with Gasteiger partial charge in [0.1, 0.15) is 5.70 Å². The molecule has 2 N–H and O–H groups in total. The van der Waals surface area contributed by atoms with Gasteiger partial charge in [-0.15, -0.1) is 0 Å². The number of hydrogen-bond donors (Lipinski definition) is 2. The number of amides is 1. The van der Waals surface area contributed by atoms with Crippen LogP contribution in [0.3, 0.4) is 0 Å². The lowest BCUT2D eigenvalue weighted by atomic mass is 10.1. The molecule has 1 aliphatic rings. The van der Waals surface area contributed by atoms with Crippen LogP contribution in [0.15, 0.2) is 36.0 Å². The van der Waals surface area contributed by atoms with Gasteiger partial charge < -0.3 is 5.32 Å². The minimum atomic E-state index is -0.165. The molecule has 0 atom stereocenters. The van der Waals surface area contributed by atoms with Crippen LogP contribution in [-0.4, -0.2) is 11.0 Å². The van der Waals surface area contributed by atoms with Gasteiger partial charge in [0.2, 0.25) is 0 Å². The first kappa shape index (κ1) is 9.86. The lowest BCUT2D eigenvalue weighted by molar-refractivity contribution is -0.115. The third-order valence-corrected chi connectivity index (χ3v) is 2.48. The zero-order valence-corrected chi connectivity index (χ0v) is 9.02. The zero-order valence-electron chi connectivity index (χ0n) is 8.20. The van der Waals surface area contributed by atoms with Crippen LogP contribution in [0.1, 0.15) is 12.5 Å². The van der Waals surface area contributed by atoms with Gasteiger partial charge >= 0.3 is 0 Å². The fraction of sp³-hybridized carbons (Fsp3) is 0.0909. The number of allylic oxidation sites excluding steroid dienone is 1. The fourth-order valence-electron chi connectivity index (χ4n) is 1.46. The van der Waals surface area contributed by atoms with Crippen molar-refractivity contribution in [3.8, 4) is 0 Å². The van der Waals surface area contributed by atoms with Crippen molar-refractivity contribution in [3.05, 3.63) is 41.6 Å². The Hall–Kier alpha value is -1.68. The quantitative estimate of drug-likeness (QED) is 0.553. The summed E-state index contributed by atoms with van der Waals surface area (Å²) in [5, 5.41) is 5.76. The molecule has 1 aromatic rings. The van der Waals surface area contributed by atoms with Crippen LogP contribution in [0.5, 0.6) is 0 Å². The summed E-state index contributed by atoms with van der Waals surface area (Å²) < 4.78 is 0. The van der Waals surface area contributed by atoms with Gasteiger partial charge in [0.25, 0.3) is 5.91 Å². The van der Waals surface area contributed by atoms with E-state index < -0.39 is 0 Å². The Bertz CT molecular complexity index is 451. The van der Waals surface area contributed by atoms with Crippen LogP contribution in [-0.2, 0) is 4.79 Å². The lowest BCUT2D eigenvalue weighted by Crippen LogP contribution is -2.21. The van der Waals surface area contributed by atoms with E-state index in [0.717, 1.165) is 11.1 Å². The molecule has 3 nitrogen and oxygen atoms in total. The predicted molar refractivity (Wildman–Crippen MR) is 62.9 cm³/mol. The van der Waals surface area contributed by atoms with E-state index in [1.54, 1.807) is 0 Å². The van der Waals surface area contributed by atoms with Crippen LogP contribution in [0.2, 0.25) is 0 Å². The molecule has 2 rings (SSSR count). The van der Waals surface area contributed by atoms with Gasteiger partial charge in [-0.1, -0.05) is 30.3 Å². The van der Waals surface area contributed by atoms with E-state index in [9.17, 15) is 4.79 Å². The van der Waals surface area contributed by atoms with E-state index >= 15 is 0 Å². The standard InChI is InChI=1S/C11H10N2OS/c1-7(8-5-3-2-4-6-8)9-10(14)13-11(15)12-9/h2-6H,1H3,(H2,12,13,14,15)/b9-7+. The molecule has 0 aromatic heterocycles. The van der Waals surface area contributed by atoms with Gasteiger partial charge in [-0.25, -0.2) is 0 Å². The number of rotatable bonds is 1. The van der Waals surface area contributed by atoms with Crippen LogP contribution in [0.4, 0.5) is 0 Å². The van der Waals surface area contributed by atoms with Gasteiger partial charge in [0, 0.05) is 0 Å². The maximum absolute atomic E-state index is 11.5. The van der Waals surface area contributed by atoms with Crippen LogP contribution in [0.25, 0.3) is 5.57 Å². The molecule has 0 unspecified atom stereocenters. The molecule has 0 radical (unpaired) electrons. The summed E-state index contributed by atoms with van der Waals surface area (Å²) in [6.45, 7) is 1.89. The third kappa shape index (κ3) is 1.89. The molecule has 1 aliphatic heterocycles. The van der Waals surface area contributed by atoms with E-state index in [4.69, 9.17) is 12.2 Å². The fourth-order valence-corrected chi connectivity index (χ4v) is 1.66. The first-order valence-corrected chi connectivity index (χ1v) is 4.98. The number of benzene rings is 1. The SMILES string of the molecule is C/C(=C1\NC(=S)NC1=O)c1ccccc1. The number of hydrogen-bond acceptors (Lipinski definition) is 2. The molecular formula is C11H10N2OS. The topological polar surface area (TPSA) is 41.1 Å². The van der Waals surface area contributed by atoms with Gasteiger partial charge in [-0.3, -0.25) is 10.1 Å². The second-order valence-corrected chi connectivity index (χ2v) is 3.68. The van der Waals surface area contributed by atoms with E-state index in [-0.39, 0.29) is 5.91 Å². The largest absolute Gasteiger partial charge is 0.328 e. The molecule has 1 saturated heterocycles. The molecule has 1 amide bonds. The Balaban J connectivity index is 2.42. The predicted octanol–water partition coefficient (Wildman–Crippen LogP) is 1.42. The van der Waals surface area contributed by atoms with Crippen molar-refractivity contribution in [2.75, 3.05) is 0 Å². The smallest absolute Gasteiger partial charge is 0.274 e. The molecule has 1 aromatic carbocycles. The monoisotopic (exact) mass is 218 g/mol. The van der Waals surface area contributed by atoms with Crippen molar-refractivity contribution in [1.82, 2.24) is 10.6 Å². The average molecular weight is 218 g/mol. The first-order valence-electron chi connectivity index (χ1n) is 4.57. The highest BCUT2D eigenvalue weighted by Crippen LogP contribution is 2.18. The lowest BCUT2D eigenvalue weighted by Gasteiger charge is -2.03. The van der Waals surface area contributed by atoms with Gasteiger partial charge in [-0.2, -0.15) is 0 Å². The highest BCUT2D eigenvalue weighted by Gasteiger charge is 2.22. The van der Waals surface area contributed by atoms with Crippen LogP contribution >= 0.6 is 12.2 Å². The van der Waals surface area contributed by atoms with Crippen molar-refractivity contribution in [3.63, 3.8) is 0 Å². The van der Waals surface area contributed by atoms with Crippen molar-refractivity contribution in [2.45, 2.75) is 6.92 Å². The summed E-state index contributed by atoms with van der Waals surface area (Å²) in [6, 6.07) is 9.72. The second-order valence-electron chi connectivity index (χ2n) is 3.27. The zero-order chi connectivity index (χ0) is 10.8. The summed E-state index contributed by atoms with van der Waals surface area (Å²) in [4.78, 5) is 11.5. The van der Waals surface area contributed by atoms with E-state index in [1.807, 2.05) is 37.3 Å². The minimum absolute atomic E-state index is 0.165. The highest BCUT2D eigenvalue weighted by molar-refractivity contribution is 7.80. The second kappa shape index (κ2) is 3.82. The Morgan fingerprint density at radius 2 is 1.87 bits per heavy atom. The van der Waals surface area contributed by atoms with Crippen LogP contribution < -0.4 is 10.6 Å². The molecule has 1 heterocycles. The Morgan fingerprint density at radius 3 is 2.40 bits per heavy atom. The molecule has 4 heteroatoms. The van der Waals surface area contributed by atoms with Crippen molar-refractivity contribution in [2.24, 2.45) is 0 Å². The van der Waals surface area contributed by atoms with Crippen molar-refractivity contribution < 1.29 is 4.79 Å². The third-order valence-electron chi connectivity index (χ3n) is 2.27. The molecule has 76 valence electrons. The summed E-state index contributed by atoms with van der Waals surface area (Å²) >= 11 is 4.87. The molecule has 0 bridgehead atoms. The molecule has 0 aliphatic carbocycles. The van der Waals surface area contributed by atoms with Gasteiger partial charge in [0.15, 0.2) is 5.11 Å². The normalized spacial score (nSPS) is 18.5. The molecule has 1 fully saturated rings. The van der Waals surface area contributed by atoms with E-state index in [1.165, 1.54) is 0 Å². The molecular weight excluding hydrogens is 208 g/mol. The first-order chi connectivity index (χ1) is 7.18. The highest BCUT2D eigenvalue weighted by atomic mass is 32.1. The molecule has 15 heavy (non-hydrogen) atoms. The van der Waals surface area contributed by atoms with Gasteiger partial charge in [-0.05, 0) is 30.3 Å². The summed E-state index contributed by atoms with van der Waals surface area (Å²) in [5.74, 6) is -0.165. The minimum Gasteiger partial charge on any atom is -0.328 e. The number of thiocarbonyl (C=S) groups is 1. The summed E-state index contributed by atoms with van der Waals surface area (Å²) in [6.07, 6.45) is 0. The number of nitrogens with one attached hydrogen (secondary N) is 2. The Morgan fingerprint density at radius 1 is 1.20 bits per heavy atom. The molecule has 0 saturated carbocycles. The Kier molecular flexibility index (Phi) is 2.51. The van der Waals surface area contributed by atoms with Crippen LogP contribution in [0, 0.1) is 0 Å². The number of carbonyl (C=O) groups is 1. The molecule has 0 spiro atoms. The Labute approximate surface area is 93.2 Å². The summed E-state index contributed by atoms with van der Waals surface area (Å²) in [5.41, 5.74) is 2.44. The van der Waals surface area contributed by atoms with Crippen molar-refractivity contribution in [1.29, 1.82) is 0 Å². The maximum Gasteiger partial charge on any atom is 0.274 e. The van der Waals surface area contributed by atoms with E-state index in [2.05, 4.69) is 10.6 Å².